The van der Waals surface area contributed by atoms with Gasteiger partial charge in [0.05, 0.1) is 12.7 Å². The molecule has 0 saturated heterocycles. The van der Waals surface area contributed by atoms with Gasteiger partial charge in [-0.15, -0.1) is 0 Å². The second-order valence-corrected chi connectivity index (χ2v) is 14.4. The lowest BCUT2D eigenvalue weighted by atomic mass is 9.87. The van der Waals surface area contributed by atoms with E-state index in [4.69, 9.17) is 18.9 Å². The summed E-state index contributed by atoms with van der Waals surface area (Å²) in [7, 11) is 1.31. The zero-order chi connectivity index (χ0) is 40.5. The summed E-state index contributed by atoms with van der Waals surface area (Å²) in [6.45, 7) is 12.1. The smallest absolute Gasteiger partial charge is 0.346 e. The van der Waals surface area contributed by atoms with Crippen molar-refractivity contribution in [3.8, 4) is 40.2 Å². The van der Waals surface area contributed by atoms with Gasteiger partial charge in [0.2, 0.25) is 5.78 Å². The monoisotopic (exact) mass is 754 g/mol. The molecule has 5 rings (SSSR count). The van der Waals surface area contributed by atoms with Crippen LogP contribution < -0.4 is 9.47 Å². The van der Waals surface area contributed by atoms with Crippen LogP contribution >= 0.6 is 0 Å². The summed E-state index contributed by atoms with van der Waals surface area (Å²) in [5, 5.41) is 57.1. The Bertz CT molecular complexity index is 2190. The Labute approximate surface area is 319 Å². The van der Waals surface area contributed by atoms with E-state index >= 15 is 0 Å². The van der Waals surface area contributed by atoms with Gasteiger partial charge in [0.15, 0.2) is 17.6 Å². The van der Waals surface area contributed by atoms with Crippen molar-refractivity contribution < 1.29 is 58.9 Å². The Balaban J connectivity index is 1.79. The number of allylic oxidation sites excluding steroid dienone is 2. The van der Waals surface area contributed by atoms with Crippen LogP contribution in [0.4, 0.5) is 0 Å². The van der Waals surface area contributed by atoms with Gasteiger partial charge in [-0.1, -0.05) is 37.6 Å². The number of rotatable bonds is 10. The molecule has 0 aromatic heterocycles. The average molecular weight is 755 g/mol. The van der Waals surface area contributed by atoms with Crippen LogP contribution in [0.15, 0.2) is 60.2 Å². The van der Waals surface area contributed by atoms with E-state index < -0.39 is 64.4 Å². The zero-order valence-corrected chi connectivity index (χ0v) is 32.0. The molecule has 4 aromatic rings. The number of phenolic OH excluding ortho intramolecular Hbond substituents is 4. The van der Waals surface area contributed by atoms with Gasteiger partial charge in [0.25, 0.3) is 0 Å². The van der Waals surface area contributed by atoms with E-state index in [9.17, 15) is 39.9 Å². The maximum Gasteiger partial charge on any atom is 0.346 e. The third-order valence-corrected chi connectivity index (χ3v) is 9.22. The number of cyclic esters (lactones) is 1. The quantitative estimate of drug-likeness (QED) is 0.0593. The number of phenols is 4. The summed E-state index contributed by atoms with van der Waals surface area (Å²) >= 11 is 0. The number of aryl methyl sites for hydroxylation is 2. The molecule has 1 heterocycles. The molecular formula is C43H46O12. The number of esters is 2. The number of benzene rings is 4. The molecule has 0 radical (unpaired) electrons. The lowest BCUT2D eigenvalue weighted by Crippen LogP contribution is -2.22. The van der Waals surface area contributed by atoms with Gasteiger partial charge >= 0.3 is 11.9 Å². The maximum atomic E-state index is 14.5. The van der Waals surface area contributed by atoms with E-state index in [1.165, 1.54) is 56.5 Å². The number of ketones is 1. The summed E-state index contributed by atoms with van der Waals surface area (Å²) in [6.07, 6.45) is -2.05. The first-order valence-corrected chi connectivity index (χ1v) is 17.8. The molecule has 12 nitrogen and oxygen atoms in total. The molecule has 55 heavy (non-hydrogen) atoms. The molecule has 3 unspecified atom stereocenters. The average Bonchev–Trinajstić information content (AvgIpc) is 3.13. The molecule has 0 fully saturated rings. The van der Waals surface area contributed by atoms with Crippen molar-refractivity contribution in [1.29, 1.82) is 0 Å². The Kier molecular flexibility index (Phi) is 11.8. The molecule has 12 heteroatoms. The molecule has 290 valence electrons. The number of fused-ring (bicyclic) bond motifs is 2. The molecule has 5 N–H and O–H groups in total. The summed E-state index contributed by atoms with van der Waals surface area (Å²) in [5.74, 6) is -5.13. The highest BCUT2D eigenvalue weighted by Gasteiger charge is 2.40. The Morgan fingerprint density at radius 1 is 0.873 bits per heavy atom. The molecule has 1 aliphatic heterocycles. The van der Waals surface area contributed by atoms with Gasteiger partial charge in [-0.2, -0.15) is 0 Å². The third-order valence-electron chi connectivity index (χ3n) is 9.22. The molecule has 4 aromatic carbocycles. The Morgan fingerprint density at radius 2 is 1.53 bits per heavy atom. The van der Waals surface area contributed by atoms with Crippen LogP contribution in [-0.2, 0) is 20.7 Å². The number of methoxy groups -OCH3 is 1. The first-order valence-electron chi connectivity index (χ1n) is 17.8. The number of carbonyl (C=O) groups is 3. The predicted molar refractivity (Wildman–Crippen MR) is 202 cm³/mol. The van der Waals surface area contributed by atoms with Crippen LogP contribution in [0.1, 0.15) is 119 Å². The molecular weight excluding hydrogens is 708 g/mol. The number of aromatic hydroxyl groups is 4. The van der Waals surface area contributed by atoms with Gasteiger partial charge in [-0.25, -0.2) is 4.79 Å². The van der Waals surface area contributed by atoms with Gasteiger partial charge in [0, 0.05) is 23.6 Å². The molecule has 0 bridgehead atoms. The SMILES string of the molecule is COc1c(C(CC(C)C)OC(C)=O)ccc2c1C(=O)OC(c1cc(C)cc(O)c1C(=O)c1c(O)ccc(CC=C(C)C)c1O)C(O)c1cc(C)cc(O)c1O2. The zero-order valence-electron chi connectivity index (χ0n) is 32.0. The molecule has 1 aliphatic rings. The highest BCUT2D eigenvalue weighted by Crippen LogP contribution is 2.50. The van der Waals surface area contributed by atoms with Crippen molar-refractivity contribution in [2.45, 2.75) is 79.6 Å². The van der Waals surface area contributed by atoms with Crippen LogP contribution in [0.25, 0.3) is 0 Å². The predicted octanol–water partition coefficient (Wildman–Crippen LogP) is 8.26. The Hall–Kier alpha value is -6.01. The fourth-order valence-corrected chi connectivity index (χ4v) is 6.78. The van der Waals surface area contributed by atoms with E-state index in [1.807, 2.05) is 33.8 Å². The molecule has 3 atom stereocenters. The second-order valence-electron chi connectivity index (χ2n) is 14.4. The van der Waals surface area contributed by atoms with E-state index in [2.05, 4.69) is 0 Å². The van der Waals surface area contributed by atoms with Crippen molar-refractivity contribution in [2.24, 2.45) is 5.92 Å². The van der Waals surface area contributed by atoms with Crippen molar-refractivity contribution >= 4 is 17.7 Å². The van der Waals surface area contributed by atoms with E-state index in [0.717, 1.165) is 5.57 Å². The van der Waals surface area contributed by atoms with Crippen LogP contribution in [0.2, 0.25) is 0 Å². The van der Waals surface area contributed by atoms with E-state index in [-0.39, 0.29) is 52.0 Å². The Morgan fingerprint density at radius 3 is 2.15 bits per heavy atom. The van der Waals surface area contributed by atoms with Crippen molar-refractivity contribution in [1.82, 2.24) is 0 Å². The largest absolute Gasteiger partial charge is 0.507 e. The molecule has 0 aliphatic carbocycles. The number of ether oxygens (including phenoxy) is 4. The molecule has 0 saturated carbocycles. The standard InChI is InChI=1S/C43H46O12/c1-20(2)9-10-25-11-13-29(45)35(37(25)48)39(50)34-27(16-22(5)18-30(34)46)42-38(49)28-17-23(6)19-31(47)40(28)54-32-14-12-26(33(15-21(3)4)53-24(7)44)41(52-8)36(32)43(51)55-42/h9,11-14,16-19,21,33,38,42,45-49H,10,15H2,1-8H3. The van der Waals surface area contributed by atoms with E-state index in [1.54, 1.807) is 19.9 Å². The van der Waals surface area contributed by atoms with Gasteiger partial charge in [0.1, 0.15) is 52.1 Å². The fourth-order valence-electron chi connectivity index (χ4n) is 6.78. The molecule has 0 spiro atoms. The van der Waals surface area contributed by atoms with Gasteiger partial charge < -0.3 is 44.5 Å². The van der Waals surface area contributed by atoms with Gasteiger partial charge in [-0.05, 0) is 99.5 Å². The minimum Gasteiger partial charge on any atom is -0.507 e. The number of hydrogen-bond donors (Lipinski definition) is 5. The van der Waals surface area contributed by atoms with Crippen LogP contribution in [-0.4, -0.2) is 50.4 Å². The highest BCUT2D eigenvalue weighted by atomic mass is 16.6. The lowest BCUT2D eigenvalue weighted by Gasteiger charge is -2.27. The minimum atomic E-state index is -1.83. The number of aliphatic hydroxyl groups excluding tert-OH is 1. The lowest BCUT2D eigenvalue weighted by molar-refractivity contribution is -0.147. The van der Waals surface area contributed by atoms with E-state index in [0.29, 0.717) is 28.7 Å². The molecule has 0 amide bonds. The fraction of sp³-hybridized carbons (Fsp3) is 0.326. The van der Waals surface area contributed by atoms with Crippen LogP contribution in [0.5, 0.6) is 40.2 Å². The summed E-state index contributed by atoms with van der Waals surface area (Å²) in [5.41, 5.74) is 1.02. The number of aliphatic hydroxyl groups is 1. The maximum absolute atomic E-state index is 14.5. The third kappa shape index (κ3) is 8.24. The van der Waals surface area contributed by atoms with Crippen LogP contribution in [0.3, 0.4) is 0 Å². The first-order chi connectivity index (χ1) is 25.9. The van der Waals surface area contributed by atoms with Crippen molar-refractivity contribution in [3.05, 3.63) is 110 Å². The summed E-state index contributed by atoms with van der Waals surface area (Å²) in [6, 6.07) is 11.3. The number of hydrogen-bond acceptors (Lipinski definition) is 12. The summed E-state index contributed by atoms with van der Waals surface area (Å²) in [4.78, 5) is 41.2. The minimum absolute atomic E-state index is 0.0300. The first kappa shape index (κ1) is 40.2. The summed E-state index contributed by atoms with van der Waals surface area (Å²) < 4.78 is 23.8. The van der Waals surface area contributed by atoms with Crippen molar-refractivity contribution in [3.63, 3.8) is 0 Å². The van der Waals surface area contributed by atoms with Crippen molar-refractivity contribution in [2.75, 3.05) is 7.11 Å². The topological polar surface area (TPSA) is 189 Å². The second kappa shape index (κ2) is 16.2. The van der Waals surface area contributed by atoms with Gasteiger partial charge in [-0.3, -0.25) is 9.59 Å². The normalized spacial score (nSPS) is 15.6. The highest BCUT2D eigenvalue weighted by molar-refractivity contribution is 6.15. The van der Waals surface area contributed by atoms with Crippen LogP contribution in [0, 0.1) is 19.8 Å². The number of carbonyl (C=O) groups excluding carboxylic acids is 3.